The first kappa shape index (κ1) is 15.4. The van der Waals surface area contributed by atoms with Crippen LogP contribution in [-0.2, 0) is 4.74 Å². The van der Waals surface area contributed by atoms with Crippen LogP contribution in [0.25, 0.3) is 0 Å². The van der Waals surface area contributed by atoms with Gasteiger partial charge in [0.25, 0.3) is 0 Å². The van der Waals surface area contributed by atoms with Crippen LogP contribution in [0.2, 0.25) is 0 Å². The van der Waals surface area contributed by atoms with E-state index in [0.29, 0.717) is 24.7 Å². The Balaban J connectivity index is 2.60. The largest absolute Gasteiger partial charge is 0.476 e. The molecule has 0 aliphatic rings. The van der Waals surface area contributed by atoms with Gasteiger partial charge < -0.3 is 14.4 Å². The van der Waals surface area contributed by atoms with Gasteiger partial charge >= 0.3 is 5.97 Å². The van der Waals surface area contributed by atoms with E-state index in [1.54, 1.807) is 19.1 Å². The molecule has 1 aromatic heterocycles. The monoisotopic (exact) mass is 266 g/mol. The van der Waals surface area contributed by atoms with Crippen LogP contribution in [0.3, 0.4) is 0 Å². The maximum Gasteiger partial charge on any atom is 0.339 e. The fraction of sp³-hybridized carbons (Fsp3) is 0.571. The smallest absolute Gasteiger partial charge is 0.339 e. The lowest BCUT2D eigenvalue weighted by Crippen LogP contribution is -2.43. The maximum atomic E-state index is 11.5. The van der Waals surface area contributed by atoms with E-state index in [9.17, 15) is 4.79 Å². The molecule has 0 radical (unpaired) electrons. The summed E-state index contributed by atoms with van der Waals surface area (Å²) >= 11 is 0. The van der Waals surface area contributed by atoms with E-state index in [4.69, 9.17) is 9.47 Å². The Kier molecular flexibility index (Phi) is 5.30. The summed E-state index contributed by atoms with van der Waals surface area (Å²) in [6, 6.07) is 3.33. The second-order valence-electron chi connectivity index (χ2n) is 5.10. The number of hydrogen-bond donors (Lipinski definition) is 0. The molecule has 1 aromatic rings. The van der Waals surface area contributed by atoms with Crippen molar-refractivity contribution in [2.75, 3.05) is 27.3 Å². The SMILES string of the molecule is CCOC(=O)c1ccc(OCC(C)(C)N(C)C)nc1. The van der Waals surface area contributed by atoms with E-state index in [-0.39, 0.29) is 11.5 Å². The Morgan fingerprint density at radius 3 is 2.53 bits per heavy atom. The van der Waals surface area contributed by atoms with Gasteiger partial charge in [0.05, 0.1) is 12.2 Å². The molecule has 0 amide bonds. The zero-order valence-electron chi connectivity index (χ0n) is 12.3. The normalized spacial score (nSPS) is 11.5. The van der Waals surface area contributed by atoms with Crippen molar-refractivity contribution in [3.05, 3.63) is 23.9 Å². The van der Waals surface area contributed by atoms with Crippen LogP contribution >= 0.6 is 0 Å². The minimum atomic E-state index is -0.366. The van der Waals surface area contributed by atoms with E-state index in [1.165, 1.54) is 6.20 Å². The Morgan fingerprint density at radius 1 is 1.37 bits per heavy atom. The number of rotatable bonds is 6. The van der Waals surface area contributed by atoms with Crippen molar-refractivity contribution < 1.29 is 14.3 Å². The Morgan fingerprint density at radius 2 is 2.05 bits per heavy atom. The van der Waals surface area contributed by atoms with Crippen LogP contribution in [0.4, 0.5) is 0 Å². The number of esters is 1. The van der Waals surface area contributed by atoms with Crippen molar-refractivity contribution in [3.8, 4) is 5.88 Å². The van der Waals surface area contributed by atoms with Gasteiger partial charge in [0.2, 0.25) is 5.88 Å². The highest BCUT2D eigenvalue weighted by Crippen LogP contribution is 2.14. The zero-order chi connectivity index (χ0) is 14.5. The van der Waals surface area contributed by atoms with Crippen LogP contribution in [0.5, 0.6) is 5.88 Å². The van der Waals surface area contributed by atoms with Gasteiger partial charge in [-0.25, -0.2) is 9.78 Å². The quantitative estimate of drug-likeness (QED) is 0.737. The number of pyridine rings is 1. The van der Waals surface area contributed by atoms with Crippen molar-refractivity contribution in [1.29, 1.82) is 0 Å². The second kappa shape index (κ2) is 6.52. The van der Waals surface area contributed by atoms with E-state index in [1.807, 2.05) is 14.1 Å². The molecule has 0 aliphatic heterocycles. The molecule has 0 atom stereocenters. The molecule has 0 spiro atoms. The Labute approximate surface area is 114 Å². The summed E-state index contributed by atoms with van der Waals surface area (Å²) < 4.78 is 10.5. The van der Waals surface area contributed by atoms with Crippen LogP contribution in [0.1, 0.15) is 31.1 Å². The van der Waals surface area contributed by atoms with Crippen molar-refractivity contribution >= 4 is 5.97 Å². The fourth-order valence-corrected chi connectivity index (χ4v) is 1.18. The summed E-state index contributed by atoms with van der Waals surface area (Å²) in [4.78, 5) is 17.6. The fourth-order valence-electron chi connectivity index (χ4n) is 1.18. The van der Waals surface area contributed by atoms with Crippen LogP contribution in [-0.4, -0.2) is 48.7 Å². The van der Waals surface area contributed by atoms with Crippen LogP contribution in [0.15, 0.2) is 18.3 Å². The summed E-state index contributed by atoms with van der Waals surface area (Å²) in [5.41, 5.74) is 0.350. The third-order valence-electron chi connectivity index (χ3n) is 3.03. The molecular formula is C14H22N2O3. The first-order valence-electron chi connectivity index (χ1n) is 6.30. The average molecular weight is 266 g/mol. The lowest BCUT2D eigenvalue weighted by molar-refractivity contribution is 0.0525. The summed E-state index contributed by atoms with van der Waals surface area (Å²) in [6.07, 6.45) is 1.47. The van der Waals surface area contributed by atoms with Gasteiger partial charge in [0.15, 0.2) is 0 Å². The first-order chi connectivity index (χ1) is 8.86. The number of likely N-dealkylation sites (N-methyl/N-ethyl adjacent to an activating group) is 1. The topological polar surface area (TPSA) is 51.7 Å². The number of carbonyl (C=O) groups is 1. The first-order valence-corrected chi connectivity index (χ1v) is 6.30. The van der Waals surface area contributed by atoms with Crippen molar-refractivity contribution in [2.24, 2.45) is 0 Å². The molecule has 5 nitrogen and oxygen atoms in total. The number of carbonyl (C=O) groups excluding carboxylic acids is 1. The van der Waals surface area contributed by atoms with Crippen molar-refractivity contribution in [3.63, 3.8) is 0 Å². The lowest BCUT2D eigenvalue weighted by atomic mass is 10.1. The molecule has 1 heterocycles. The van der Waals surface area contributed by atoms with Gasteiger partial charge in [-0.3, -0.25) is 0 Å². The minimum Gasteiger partial charge on any atom is -0.476 e. The van der Waals surface area contributed by atoms with Crippen molar-refractivity contribution in [1.82, 2.24) is 9.88 Å². The molecule has 0 fully saturated rings. The van der Waals surface area contributed by atoms with Crippen LogP contribution < -0.4 is 4.74 Å². The molecule has 1 rings (SSSR count). The van der Waals surface area contributed by atoms with Gasteiger partial charge in [-0.2, -0.15) is 0 Å². The predicted octanol–water partition coefficient (Wildman–Crippen LogP) is 1.98. The van der Waals surface area contributed by atoms with Gasteiger partial charge in [-0.15, -0.1) is 0 Å². The number of hydrogen-bond acceptors (Lipinski definition) is 5. The summed E-state index contributed by atoms with van der Waals surface area (Å²) in [6.45, 7) is 6.81. The molecule has 0 aromatic carbocycles. The molecule has 0 bridgehead atoms. The average Bonchev–Trinajstić information content (AvgIpc) is 2.37. The Hall–Kier alpha value is -1.62. The van der Waals surface area contributed by atoms with Gasteiger partial charge in [-0.05, 0) is 40.9 Å². The second-order valence-corrected chi connectivity index (χ2v) is 5.10. The molecule has 0 saturated heterocycles. The summed E-state index contributed by atoms with van der Waals surface area (Å²) in [5.74, 6) is 0.137. The number of aromatic nitrogens is 1. The molecule has 5 heteroatoms. The van der Waals surface area contributed by atoms with Gasteiger partial charge in [-0.1, -0.05) is 0 Å². The predicted molar refractivity (Wildman–Crippen MR) is 73.5 cm³/mol. The van der Waals surface area contributed by atoms with E-state index >= 15 is 0 Å². The third-order valence-corrected chi connectivity index (χ3v) is 3.03. The van der Waals surface area contributed by atoms with E-state index < -0.39 is 0 Å². The molecule has 0 saturated carbocycles. The molecule has 0 unspecified atom stereocenters. The highest BCUT2D eigenvalue weighted by molar-refractivity contribution is 5.89. The number of ether oxygens (including phenoxy) is 2. The molecule has 19 heavy (non-hydrogen) atoms. The molecule has 0 aliphatic carbocycles. The molecule has 106 valence electrons. The minimum absolute atomic E-state index is 0.0819. The molecule has 0 N–H and O–H groups in total. The molecular weight excluding hydrogens is 244 g/mol. The summed E-state index contributed by atoms with van der Waals surface area (Å²) in [5, 5.41) is 0. The van der Waals surface area contributed by atoms with Gasteiger partial charge in [0.1, 0.15) is 6.61 Å². The third kappa shape index (κ3) is 4.52. The highest BCUT2D eigenvalue weighted by atomic mass is 16.5. The van der Waals surface area contributed by atoms with E-state index in [2.05, 4.69) is 23.7 Å². The van der Waals surface area contributed by atoms with Crippen molar-refractivity contribution in [2.45, 2.75) is 26.3 Å². The van der Waals surface area contributed by atoms with Crippen LogP contribution in [0, 0.1) is 0 Å². The standard InChI is InChI=1S/C14H22N2O3/c1-6-18-13(17)11-7-8-12(15-9-11)19-10-14(2,3)16(4)5/h7-9H,6,10H2,1-5H3. The van der Waals surface area contributed by atoms with Gasteiger partial charge in [0, 0.05) is 17.8 Å². The lowest BCUT2D eigenvalue weighted by Gasteiger charge is -2.31. The number of nitrogens with zero attached hydrogens (tertiary/aromatic N) is 2. The highest BCUT2D eigenvalue weighted by Gasteiger charge is 2.21. The maximum absolute atomic E-state index is 11.5. The Bertz CT molecular complexity index is 413. The summed E-state index contributed by atoms with van der Waals surface area (Å²) in [7, 11) is 4.00. The zero-order valence-corrected chi connectivity index (χ0v) is 12.3. The van der Waals surface area contributed by atoms with E-state index in [0.717, 1.165) is 0 Å².